The zero-order chi connectivity index (χ0) is 18.2. The number of rotatable bonds is 8. The molecule has 0 radical (unpaired) electrons. The standard InChI is InChI=1S/C22H28Br2N2.2ClH/c23-21-10-3-1-8-19(21)15-25-13-17-6-5-7-18(12-17)14-26-16-20-9-2-4-11-22(20)24;;/h1-4,8-11,17-18,25-26H,5-7,12-16H2;2*1H. The van der Waals surface area contributed by atoms with Crippen LogP contribution in [0.3, 0.4) is 0 Å². The Morgan fingerprint density at radius 1 is 0.714 bits per heavy atom. The third kappa shape index (κ3) is 8.33. The zero-order valence-electron chi connectivity index (χ0n) is 16.0. The molecule has 0 aromatic heterocycles. The van der Waals surface area contributed by atoms with Crippen LogP contribution in [-0.4, -0.2) is 13.1 Å². The molecule has 0 spiro atoms. The molecule has 2 atom stereocenters. The summed E-state index contributed by atoms with van der Waals surface area (Å²) in [5.41, 5.74) is 2.69. The second-order valence-electron chi connectivity index (χ2n) is 7.34. The topological polar surface area (TPSA) is 24.1 Å². The van der Waals surface area contributed by atoms with E-state index in [-0.39, 0.29) is 24.8 Å². The van der Waals surface area contributed by atoms with Crippen LogP contribution in [-0.2, 0) is 13.1 Å². The molecule has 1 fully saturated rings. The Morgan fingerprint density at radius 2 is 1.14 bits per heavy atom. The van der Waals surface area contributed by atoms with Crippen molar-refractivity contribution < 1.29 is 0 Å². The molecule has 0 heterocycles. The Balaban J connectivity index is 0.00000196. The van der Waals surface area contributed by atoms with E-state index in [1.165, 1.54) is 45.8 Å². The van der Waals surface area contributed by atoms with Crippen LogP contribution in [0.4, 0.5) is 0 Å². The monoisotopic (exact) mass is 550 g/mol. The molecule has 2 nitrogen and oxygen atoms in total. The number of hydrogen-bond acceptors (Lipinski definition) is 2. The summed E-state index contributed by atoms with van der Waals surface area (Å²) in [4.78, 5) is 0. The third-order valence-corrected chi connectivity index (χ3v) is 6.85. The summed E-state index contributed by atoms with van der Waals surface area (Å²) in [6.07, 6.45) is 5.43. The zero-order valence-corrected chi connectivity index (χ0v) is 20.8. The molecule has 1 aliphatic rings. The fourth-order valence-electron chi connectivity index (χ4n) is 3.88. The van der Waals surface area contributed by atoms with Gasteiger partial charge in [0.1, 0.15) is 0 Å². The average molecular weight is 553 g/mol. The molecule has 0 amide bonds. The van der Waals surface area contributed by atoms with Crippen molar-refractivity contribution in [3.05, 3.63) is 68.6 Å². The minimum atomic E-state index is 0. The van der Waals surface area contributed by atoms with Gasteiger partial charge in [-0.05, 0) is 67.4 Å². The SMILES string of the molecule is Brc1ccccc1CNCC1CCCC(CNCc2ccccc2Br)C1.Cl.Cl. The molecule has 2 N–H and O–H groups in total. The highest BCUT2D eigenvalue weighted by molar-refractivity contribution is 9.10. The van der Waals surface area contributed by atoms with Gasteiger partial charge in [-0.2, -0.15) is 0 Å². The van der Waals surface area contributed by atoms with Crippen molar-refractivity contribution in [2.24, 2.45) is 11.8 Å². The van der Waals surface area contributed by atoms with Gasteiger partial charge in [0.25, 0.3) is 0 Å². The molecule has 1 aliphatic carbocycles. The summed E-state index contributed by atoms with van der Waals surface area (Å²) in [6.45, 7) is 4.15. The molecule has 2 unspecified atom stereocenters. The average Bonchev–Trinajstić information content (AvgIpc) is 2.65. The maximum atomic E-state index is 3.67. The highest BCUT2D eigenvalue weighted by Crippen LogP contribution is 2.28. The van der Waals surface area contributed by atoms with E-state index in [0.29, 0.717) is 0 Å². The summed E-state index contributed by atoms with van der Waals surface area (Å²) < 4.78 is 2.40. The first-order chi connectivity index (χ1) is 12.7. The van der Waals surface area contributed by atoms with Gasteiger partial charge in [0.2, 0.25) is 0 Å². The van der Waals surface area contributed by atoms with E-state index < -0.39 is 0 Å². The highest BCUT2D eigenvalue weighted by Gasteiger charge is 2.21. The molecule has 1 saturated carbocycles. The molecule has 2 aromatic carbocycles. The minimum Gasteiger partial charge on any atom is -0.312 e. The van der Waals surface area contributed by atoms with Gasteiger partial charge in [0.05, 0.1) is 0 Å². The van der Waals surface area contributed by atoms with Crippen molar-refractivity contribution in [3.63, 3.8) is 0 Å². The molecule has 6 heteroatoms. The summed E-state index contributed by atoms with van der Waals surface area (Å²) in [6, 6.07) is 17.0. The van der Waals surface area contributed by atoms with Gasteiger partial charge in [0, 0.05) is 22.0 Å². The smallest absolute Gasteiger partial charge is 0.0220 e. The Hall–Kier alpha value is -0.100. The normalized spacial score (nSPS) is 18.8. The maximum Gasteiger partial charge on any atom is 0.0220 e. The largest absolute Gasteiger partial charge is 0.312 e. The van der Waals surface area contributed by atoms with E-state index in [4.69, 9.17) is 0 Å². The van der Waals surface area contributed by atoms with E-state index in [9.17, 15) is 0 Å². The van der Waals surface area contributed by atoms with Crippen molar-refractivity contribution in [2.75, 3.05) is 13.1 Å². The molecule has 0 bridgehead atoms. The van der Waals surface area contributed by atoms with Crippen LogP contribution in [0.1, 0.15) is 36.8 Å². The summed E-state index contributed by atoms with van der Waals surface area (Å²) >= 11 is 7.27. The number of benzene rings is 2. The van der Waals surface area contributed by atoms with Crippen LogP contribution >= 0.6 is 56.7 Å². The van der Waals surface area contributed by atoms with Crippen LogP contribution in [0, 0.1) is 11.8 Å². The Morgan fingerprint density at radius 3 is 1.57 bits per heavy atom. The fourth-order valence-corrected chi connectivity index (χ4v) is 4.73. The maximum absolute atomic E-state index is 3.67. The lowest BCUT2D eigenvalue weighted by Gasteiger charge is -2.29. The molecule has 156 valence electrons. The van der Waals surface area contributed by atoms with Crippen LogP contribution in [0.25, 0.3) is 0 Å². The molecular weight excluding hydrogens is 523 g/mol. The van der Waals surface area contributed by atoms with E-state index in [1.54, 1.807) is 0 Å². The fraction of sp³-hybridized carbons (Fsp3) is 0.455. The second kappa shape index (κ2) is 14.0. The van der Waals surface area contributed by atoms with E-state index >= 15 is 0 Å². The number of hydrogen-bond donors (Lipinski definition) is 2. The second-order valence-corrected chi connectivity index (χ2v) is 9.05. The van der Waals surface area contributed by atoms with Crippen LogP contribution < -0.4 is 10.6 Å². The summed E-state index contributed by atoms with van der Waals surface area (Å²) in [7, 11) is 0. The lowest BCUT2D eigenvalue weighted by molar-refractivity contribution is 0.252. The predicted octanol–water partition coefficient (Wildman–Crippen LogP) is 6.74. The summed E-state index contributed by atoms with van der Waals surface area (Å²) in [5, 5.41) is 7.33. The van der Waals surface area contributed by atoms with Crippen LogP contribution in [0.15, 0.2) is 57.5 Å². The number of halogens is 4. The van der Waals surface area contributed by atoms with Gasteiger partial charge in [-0.25, -0.2) is 0 Å². The molecule has 3 rings (SSSR count). The van der Waals surface area contributed by atoms with Gasteiger partial charge in [-0.3, -0.25) is 0 Å². The van der Waals surface area contributed by atoms with Gasteiger partial charge in [-0.15, -0.1) is 24.8 Å². The van der Waals surface area contributed by atoms with Gasteiger partial charge in [-0.1, -0.05) is 74.7 Å². The minimum absolute atomic E-state index is 0. The van der Waals surface area contributed by atoms with Crippen molar-refractivity contribution in [1.29, 1.82) is 0 Å². The molecule has 0 saturated heterocycles. The van der Waals surface area contributed by atoms with Crippen molar-refractivity contribution in [3.8, 4) is 0 Å². The first-order valence-electron chi connectivity index (χ1n) is 9.60. The van der Waals surface area contributed by atoms with Crippen molar-refractivity contribution in [2.45, 2.75) is 38.8 Å². The lowest BCUT2D eigenvalue weighted by atomic mass is 9.81. The van der Waals surface area contributed by atoms with Crippen LogP contribution in [0.2, 0.25) is 0 Å². The number of nitrogens with one attached hydrogen (secondary N) is 2. The molecule has 2 aromatic rings. The van der Waals surface area contributed by atoms with Crippen molar-refractivity contribution in [1.82, 2.24) is 10.6 Å². The van der Waals surface area contributed by atoms with Crippen LogP contribution in [0.5, 0.6) is 0 Å². The highest BCUT2D eigenvalue weighted by atomic mass is 79.9. The Bertz CT molecular complexity index is 642. The van der Waals surface area contributed by atoms with Crippen molar-refractivity contribution >= 4 is 56.7 Å². The van der Waals surface area contributed by atoms with Gasteiger partial charge >= 0.3 is 0 Å². The first-order valence-corrected chi connectivity index (χ1v) is 11.2. The third-order valence-electron chi connectivity index (χ3n) is 5.30. The van der Waals surface area contributed by atoms with Gasteiger partial charge < -0.3 is 10.6 Å². The molecular formula is C22H30Br2Cl2N2. The predicted molar refractivity (Wildman–Crippen MR) is 132 cm³/mol. The van der Waals surface area contributed by atoms with Gasteiger partial charge in [0.15, 0.2) is 0 Å². The first kappa shape index (κ1) is 25.9. The molecule has 0 aliphatic heterocycles. The molecule has 28 heavy (non-hydrogen) atoms. The summed E-state index contributed by atoms with van der Waals surface area (Å²) in [5.74, 6) is 1.61. The Labute approximate surface area is 198 Å². The lowest BCUT2D eigenvalue weighted by Crippen LogP contribution is -2.31. The quantitative estimate of drug-likeness (QED) is 0.379. The van der Waals surface area contributed by atoms with E-state index in [1.807, 2.05) is 0 Å². The van der Waals surface area contributed by atoms with E-state index in [2.05, 4.69) is 91.0 Å². The van der Waals surface area contributed by atoms with E-state index in [0.717, 1.165) is 38.0 Å². The Kier molecular flexibility index (Phi) is 13.0.